The van der Waals surface area contributed by atoms with Gasteiger partial charge in [0.2, 0.25) is 0 Å². The van der Waals surface area contributed by atoms with E-state index in [4.69, 9.17) is 20.6 Å². The van der Waals surface area contributed by atoms with E-state index in [1.165, 1.54) is 0 Å². The summed E-state index contributed by atoms with van der Waals surface area (Å²) in [5.74, 6) is -0.867. The number of rotatable bonds is 0. The van der Waals surface area contributed by atoms with Crippen molar-refractivity contribution >= 4 is 5.90 Å². The van der Waals surface area contributed by atoms with E-state index >= 15 is 0 Å². The molecule has 3 N–H and O–H groups in total. The number of hydrogen-bond donors (Lipinski definition) is 2. The second-order valence-corrected chi connectivity index (χ2v) is 5.19. The largest absolute Gasteiger partial charge is 0.473 e. The minimum Gasteiger partial charge on any atom is -0.473 e. The van der Waals surface area contributed by atoms with E-state index in [-0.39, 0.29) is 5.90 Å². The van der Waals surface area contributed by atoms with Gasteiger partial charge in [0.25, 0.3) is 0 Å². The maximum absolute atomic E-state index is 9.24. The van der Waals surface area contributed by atoms with Crippen molar-refractivity contribution in [3.63, 3.8) is 0 Å². The molecule has 18 heavy (non-hydrogen) atoms. The Kier molecular flexibility index (Phi) is 1.82. The van der Waals surface area contributed by atoms with Crippen LogP contribution in [-0.2, 0) is 9.47 Å². The fraction of sp³-hybridized carbons (Fsp3) is 0.583. The van der Waals surface area contributed by atoms with Crippen LogP contribution in [0.5, 0.6) is 0 Å². The molecule has 0 saturated carbocycles. The molecule has 6 heteroatoms. The second kappa shape index (κ2) is 2.92. The first-order valence-electron chi connectivity index (χ1n) is 5.64. The van der Waals surface area contributed by atoms with E-state index < -0.39 is 29.3 Å². The van der Waals surface area contributed by atoms with E-state index in [1.54, 1.807) is 13.8 Å². The van der Waals surface area contributed by atoms with Crippen LogP contribution < -0.4 is 5.73 Å². The SMILES string of the molecule is CC1=C(C#N)C2(N)OC1C1OC(=N)C(C#N)C12C. The summed E-state index contributed by atoms with van der Waals surface area (Å²) in [6.07, 6.45) is -0.898. The zero-order chi connectivity index (χ0) is 13.3. The maximum atomic E-state index is 9.24. The van der Waals surface area contributed by atoms with Gasteiger partial charge in [-0.05, 0) is 19.4 Å². The Morgan fingerprint density at radius 3 is 2.67 bits per heavy atom. The summed E-state index contributed by atoms with van der Waals surface area (Å²) in [4.78, 5) is 0. The summed E-state index contributed by atoms with van der Waals surface area (Å²) < 4.78 is 11.2. The summed E-state index contributed by atoms with van der Waals surface area (Å²) in [7, 11) is 0. The van der Waals surface area contributed by atoms with Gasteiger partial charge < -0.3 is 9.47 Å². The minimum atomic E-state index is -1.33. The Bertz CT molecular complexity index is 584. The molecule has 2 saturated heterocycles. The lowest BCUT2D eigenvalue weighted by molar-refractivity contribution is -0.0249. The highest BCUT2D eigenvalue weighted by molar-refractivity contribution is 5.83. The van der Waals surface area contributed by atoms with E-state index in [2.05, 4.69) is 12.1 Å². The second-order valence-electron chi connectivity index (χ2n) is 5.19. The lowest BCUT2D eigenvalue weighted by atomic mass is 9.62. The van der Waals surface area contributed by atoms with Crippen LogP contribution >= 0.6 is 0 Å². The van der Waals surface area contributed by atoms with E-state index in [0.717, 1.165) is 5.57 Å². The van der Waals surface area contributed by atoms with Gasteiger partial charge in [0, 0.05) is 0 Å². The summed E-state index contributed by atoms with van der Waals surface area (Å²) >= 11 is 0. The van der Waals surface area contributed by atoms with Crippen LogP contribution in [0.2, 0.25) is 0 Å². The quantitative estimate of drug-likeness (QED) is 0.640. The first-order chi connectivity index (χ1) is 8.41. The molecule has 5 atom stereocenters. The van der Waals surface area contributed by atoms with Crippen LogP contribution in [0.15, 0.2) is 11.1 Å². The molecular formula is C12H12N4O2. The van der Waals surface area contributed by atoms with Crippen molar-refractivity contribution in [1.82, 2.24) is 0 Å². The molecule has 0 spiro atoms. The van der Waals surface area contributed by atoms with E-state index in [0.29, 0.717) is 5.57 Å². The third kappa shape index (κ3) is 0.828. The number of nitriles is 2. The summed E-state index contributed by atoms with van der Waals surface area (Å²) in [6.45, 7) is 3.54. The van der Waals surface area contributed by atoms with Gasteiger partial charge in [-0.1, -0.05) is 0 Å². The molecule has 0 aliphatic carbocycles. The van der Waals surface area contributed by atoms with Crippen molar-refractivity contribution in [1.29, 1.82) is 15.9 Å². The summed E-state index contributed by atoms with van der Waals surface area (Å²) in [5, 5.41) is 26.2. The Labute approximate surface area is 104 Å². The van der Waals surface area contributed by atoms with Gasteiger partial charge in [-0.3, -0.25) is 11.1 Å². The number of ether oxygens (including phenoxy) is 2. The molecule has 0 amide bonds. The Morgan fingerprint density at radius 1 is 1.44 bits per heavy atom. The highest BCUT2D eigenvalue weighted by atomic mass is 16.6. The monoisotopic (exact) mass is 244 g/mol. The highest BCUT2D eigenvalue weighted by Gasteiger charge is 2.76. The zero-order valence-electron chi connectivity index (χ0n) is 10.0. The van der Waals surface area contributed by atoms with Crippen LogP contribution in [0.1, 0.15) is 13.8 Å². The molecule has 3 heterocycles. The van der Waals surface area contributed by atoms with Crippen LogP contribution in [0.4, 0.5) is 0 Å². The Hall–Kier alpha value is -1.89. The van der Waals surface area contributed by atoms with Gasteiger partial charge in [0.05, 0.1) is 23.1 Å². The number of fused-ring (bicyclic) bond motifs is 5. The lowest BCUT2D eigenvalue weighted by Gasteiger charge is -2.38. The third-order valence-corrected chi connectivity index (χ3v) is 4.53. The number of nitrogens with two attached hydrogens (primary N) is 1. The normalized spacial score (nSPS) is 48.7. The van der Waals surface area contributed by atoms with Crippen LogP contribution in [0.3, 0.4) is 0 Å². The first-order valence-corrected chi connectivity index (χ1v) is 5.64. The van der Waals surface area contributed by atoms with Crippen molar-refractivity contribution < 1.29 is 9.47 Å². The lowest BCUT2D eigenvalue weighted by Crippen LogP contribution is -2.58. The Balaban J connectivity index is 2.24. The molecule has 0 aromatic rings. The van der Waals surface area contributed by atoms with Crippen LogP contribution in [0.25, 0.3) is 0 Å². The number of nitrogens with zero attached hydrogens (tertiary/aromatic N) is 2. The molecule has 6 nitrogen and oxygen atoms in total. The van der Waals surface area contributed by atoms with Crippen molar-refractivity contribution in [2.45, 2.75) is 31.8 Å². The van der Waals surface area contributed by atoms with Crippen LogP contribution in [0, 0.1) is 39.4 Å². The predicted molar refractivity (Wildman–Crippen MR) is 59.9 cm³/mol. The molecular weight excluding hydrogens is 232 g/mol. The molecule has 0 aromatic carbocycles. The first kappa shape index (κ1) is 11.2. The fourth-order valence-corrected chi connectivity index (χ4v) is 3.40. The van der Waals surface area contributed by atoms with Gasteiger partial charge in [-0.2, -0.15) is 10.5 Å². The van der Waals surface area contributed by atoms with Crippen molar-refractivity contribution in [2.75, 3.05) is 0 Å². The highest BCUT2D eigenvalue weighted by Crippen LogP contribution is 2.62. The molecule has 92 valence electrons. The Morgan fingerprint density at radius 2 is 2.11 bits per heavy atom. The smallest absolute Gasteiger partial charge is 0.199 e. The molecule has 3 aliphatic rings. The standard InChI is InChI=1S/C12H12N4O2/c1-5-6(3-13)12(16)11(2)7(4-14)10(15)17-9(11)8(5)18-12/h7-9,15H,16H2,1-2H3. The minimum absolute atomic E-state index is 0.0832. The van der Waals surface area contributed by atoms with E-state index in [1.807, 2.05) is 0 Å². The molecule has 3 rings (SSSR count). The molecule has 2 bridgehead atoms. The topological polar surface area (TPSA) is 116 Å². The van der Waals surface area contributed by atoms with Gasteiger partial charge in [-0.15, -0.1) is 0 Å². The number of nitrogens with one attached hydrogen (secondary N) is 1. The van der Waals surface area contributed by atoms with Gasteiger partial charge in [0.1, 0.15) is 18.1 Å². The zero-order valence-corrected chi connectivity index (χ0v) is 10.0. The maximum Gasteiger partial charge on any atom is 0.199 e. The molecule has 2 fully saturated rings. The predicted octanol–water partition coefficient (Wildman–Crippen LogP) is 0.416. The molecule has 5 unspecified atom stereocenters. The molecule has 0 radical (unpaired) electrons. The molecule has 0 aromatic heterocycles. The summed E-state index contributed by atoms with van der Waals surface area (Å²) in [5.41, 5.74) is 5.16. The fourth-order valence-electron chi connectivity index (χ4n) is 3.40. The van der Waals surface area contributed by atoms with Crippen LogP contribution in [-0.4, -0.2) is 23.8 Å². The van der Waals surface area contributed by atoms with Crippen molar-refractivity contribution in [2.24, 2.45) is 17.1 Å². The number of hydrogen-bond acceptors (Lipinski definition) is 6. The van der Waals surface area contributed by atoms with E-state index in [9.17, 15) is 10.5 Å². The average molecular weight is 244 g/mol. The summed E-state index contributed by atoms with van der Waals surface area (Å²) in [6, 6.07) is 4.13. The average Bonchev–Trinajstić information content (AvgIpc) is 2.80. The van der Waals surface area contributed by atoms with Gasteiger partial charge in [-0.25, -0.2) is 0 Å². The molecule has 3 aliphatic heterocycles. The van der Waals surface area contributed by atoms with Gasteiger partial charge >= 0.3 is 0 Å². The van der Waals surface area contributed by atoms with Crippen molar-refractivity contribution in [3.8, 4) is 12.1 Å². The van der Waals surface area contributed by atoms with Gasteiger partial charge in [0.15, 0.2) is 11.6 Å². The van der Waals surface area contributed by atoms with Crippen molar-refractivity contribution in [3.05, 3.63) is 11.1 Å². The third-order valence-electron chi connectivity index (χ3n) is 4.53.